The van der Waals surface area contributed by atoms with Crippen molar-refractivity contribution in [3.05, 3.63) is 56.8 Å². The molecular weight excluding hydrogens is 254 g/mol. The summed E-state index contributed by atoms with van der Waals surface area (Å²) in [6, 6.07) is 5.81. The number of hydrogen-bond acceptors (Lipinski definition) is 2. The smallest absolute Gasteiger partial charge is 0.177 e. The van der Waals surface area contributed by atoms with Crippen LogP contribution in [-0.2, 0) is 6.42 Å². The van der Waals surface area contributed by atoms with E-state index in [0.29, 0.717) is 4.88 Å². The van der Waals surface area contributed by atoms with Gasteiger partial charge in [0.1, 0.15) is 0 Å². The van der Waals surface area contributed by atoms with E-state index in [9.17, 15) is 13.6 Å². The first-order chi connectivity index (χ1) is 8.49. The van der Waals surface area contributed by atoms with Gasteiger partial charge in [0.25, 0.3) is 0 Å². The number of rotatable bonds is 3. The Hall–Kier alpha value is -1.55. The third-order valence-electron chi connectivity index (χ3n) is 2.68. The van der Waals surface area contributed by atoms with E-state index < -0.39 is 11.6 Å². The van der Waals surface area contributed by atoms with Gasteiger partial charge in [-0.05, 0) is 37.1 Å². The summed E-state index contributed by atoms with van der Waals surface area (Å²) in [6.45, 7) is 3.76. The molecule has 0 bridgehead atoms. The lowest BCUT2D eigenvalue weighted by Crippen LogP contribution is -2.05. The predicted molar refractivity (Wildman–Crippen MR) is 68.2 cm³/mol. The van der Waals surface area contributed by atoms with Crippen molar-refractivity contribution >= 4 is 17.1 Å². The van der Waals surface area contributed by atoms with Gasteiger partial charge in [-0.3, -0.25) is 4.79 Å². The van der Waals surface area contributed by atoms with Crippen LogP contribution in [0.1, 0.15) is 25.7 Å². The fraction of sp³-hybridized carbons (Fsp3) is 0.214. The van der Waals surface area contributed by atoms with Crippen LogP contribution < -0.4 is 0 Å². The van der Waals surface area contributed by atoms with Crippen molar-refractivity contribution in [2.24, 2.45) is 0 Å². The minimum atomic E-state index is -0.934. The Bertz CT molecular complexity index is 602. The molecule has 2 rings (SSSR count). The van der Waals surface area contributed by atoms with Crippen molar-refractivity contribution in [2.45, 2.75) is 20.3 Å². The Morgan fingerprint density at radius 1 is 1.28 bits per heavy atom. The van der Waals surface area contributed by atoms with E-state index in [1.165, 1.54) is 23.5 Å². The van der Waals surface area contributed by atoms with Crippen LogP contribution in [0.2, 0.25) is 0 Å². The van der Waals surface area contributed by atoms with Gasteiger partial charge in [0.05, 0.1) is 4.88 Å². The molecule has 0 amide bonds. The molecule has 0 fully saturated rings. The molecule has 0 saturated heterocycles. The number of Topliss-reactive ketones (excluding diaryl/α,β-unsaturated/α-hetero) is 1. The van der Waals surface area contributed by atoms with Crippen LogP contribution in [0.4, 0.5) is 8.78 Å². The quantitative estimate of drug-likeness (QED) is 0.765. The highest BCUT2D eigenvalue weighted by atomic mass is 32.1. The summed E-state index contributed by atoms with van der Waals surface area (Å²) in [7, 11) is 0. The fourth-order valence-electron chi connectivity index (χ4n) is 1.86. The van der Waals surface area contributed by atoms with E-state index in [0.717, 1.165) is 16.5 Å². The molecule has 1 nitrogen and oxygen atoms in total. The van der Waals surface area contributed by atoms with Crippen molar-refractivity contribution in [3.63, 3.8) is 0 Å². The van der Waals surface area contributed by atoms with Gasteiger partial charge in [0, 0.05) is 11.3 Å². The minimum Gasteiger partial charge on any atom is -0.293 e. The van der Waals surface area contributed by atoms with Gasteiger partial charge in [0.2, 0.25) is 0 Å². The van der Waals surface area contributed by atoms with Crippen LogP contribution in [-0.4, -0.2) is 5.78 Å². The van der Waals surface area contributed by atoms with Crippen LogP contribution in [0.5, 0.6) is 0 Å². The average Bonchev–Trinajstić information content (AvgIpc) is 2.64. The highest BCUT2D eigenvalue weighted by Gasteiger charge is 2.16. The number of halogens is 2. The van der Waals surface area contributed by atoms with E-state index in [1.54, 1.807) is 0 Å². The Balaban J connectivity index is 2.27. The van der Waals surface area contributed by atoms with Gasteiger partial charge < -0.3 is 0 Å². The maximum Gasteiger partial charge on any atom is 0.177 e. The van der Waals surface area contributed by atoms with Crippen LogP contribution in [0.3, 0.4) is 0 Å². The lowest BCUT2D eigenvalue weighted by Gasteiger charge is -2.03. The molecular formula is C14H12F2OS. The van der Waals surface area contributed by atoms with Crippen molar-refractivity contribution in [1.29, 1.82) is 0 Å². The molecule has 0 radical (unpaired) electrons. The van der Waals surface area contributed by atoms with Gasteiger partial charge in [-0.1, -0.05) is 12.1 Å². The molecule has 0 aliphatic heterocycles. The van der Waals surface area contributed by atoms with Crippen LogP contribution in [0.25, 0.3) is 0 Å². The topological polar surface area (TPSA) is 17.1 Å². The lowest BCUT2D eigenvalue weighted by atomic mass is 10.1. The van der Waals surface area contributed by atoms with E-state index in [-0.39, 0.29) is 17.8 Å². The summed E-state index contributed by atoms with van der Waals surface area (Å²) in [4.78, 5) is 13.7. The van der Waals surface area contributed by atoms with Gasteiger partial charge >= 0.3 is 0 Å². The first kappa shape index (κ1) is 12.9. The molecule has 2 aromatic rings. The second kappa shape index (κ2) is 4.98. The van der Waals surface area contributed by atoms with Crippen molar-refractivity contribution in [3.8, 4) is 0 Å². The Morgan fingerprint density at radius 3 is 2.61 bits per heavy atom. The van der Waals surface area contributed by atoms with Crippen LogP contribution in [0.15, 0.2) is 24.3 Å². The van der Waals surface area contributed by atoms with Crippen molar-refractivity contribution in [1.82, 2.24) is 0 Å². The van der Waals surface area contributed by atoms with E-state index in [4.69, 9.17) is 0 Å². The number of ketones is 1. The molecule has 1 aromatic carbocycles. The number of thiophene rings is 1. The average molecular weight is 266 g/mol. The lowest BCUT2D eigenvalue weighted by molar-refractivity contribution is 0.0995. The largest absolute Gasteiger partial charge is 0.293 e. The third kappa shape index (κ3) is 2.48. The SMILES string of the molecule is Cc1cc(C)c(C(=O)Cc2cccc(F)c2F)s1. The molecule has 0 saturated carbocycles. The fourth-order valence-corrected chi connectivity index (χ4v) is 2.82. The molecule has 94 valence electrons. The summed E-state index contributed by atoms with van der Waals surface area (Å²) >= 11 is 1.39. The van der Waals surface area contributed by atoms with Crippen molar-refractivity contribution < 1.29 is 13.6 Å². The first-order valence-electron chi connectivity index (χ1n) is 5.52. The normalized spacial score (nSPS) is 10.7. The van der Waals surface area contributed by atoms with Crippen LogP contribution in [0, 0.1) is 25.5 Å². The Morgan fingerprint density at radius 2 is 2.00 bits per heavy atom. The van der Waals surface area contributed by atoms with Crippen molar-refractivity contribution in [2.75, 3.05) is 0 Å². The summed E-state index contributed by atoms with van der Waals surface area (Å²) in [5.41, 5.74) is 0.991. The maximum atomic E-state index is 13.5. The number of carbonyl (C=O) groups excluding carboxylic acids is 1. The molecule has 0 N–H and O–H groups in total. The standard InChI is InChI=1S/C14H12F2OS/c1-8-6-9(2)18-14(8)12(17)7-10-4-3-5-11(15)13(10)16/h3-6H,7H2,1-2H3. The molecule has 0 spiro atoms. The monoisotopic (exact) mass is 266 g/mol. The van der Waals surface area contributed by atoms with E-state index in [2.05, 4.69) is 0 Å². The molecule has 1 aromatic heterocycles. The zero-order chi connectivity index (χ0) is 13.3. The van der Waals surface area contributed by atoms with Gasteiger partial charge in [-0.15, -0.1) is 11.3 Å². The van der Waals surface area contributed by atoms with Gasteiger partial charge in [-0.2, -0.15) is 0 Å². The molecule has 18 heavy (non-hydrogen) atoms. The predicted octanol–water partition coefficient (Wildman–Crippen LogP) is 4.07. The number of benzene rings is 1. The van der Waals surface area contributed by atoms with Crippen LogP contribution >= 0.6 is 11.3 Å². The molecule has 0 atom stereocenters. The molecule has 0 unspecified atom stereocenters. The summed E-state index contributed by atoms with van der Waals surface area (Å²) in [5, 5.41) is 0. The Kier molecular flexibility index (Phi) is 3.57. The second-order valence-corrected chi connectivity index (χ2v) is 5.44. The maximum absolute atomic E-state index is 13.5. The highest BCUT2D eigenvalue weighted by Crippen LogP contribution is 2.23. The highest BCUT2D eigenvalue weighted by molar-refractivity contribution is 7.14. The first-order valence-corrected chi connectivity index (χ1v) is 6.34. The summed E-state index contributed by atoms with van der Waals surface area (Å²) in [5.74, 6) is -2.02. The third-order valence-corrected chi connectivity index (χ3v) is 3.87. The molecule has 0 aliphatic rings. The van der Waals surface area contributed by atoms with E-state index in [1.807, 2.05) is 19.9 Å². The summed E-state index contributed by atoms with van der Waals surface area (Å²) < 4.78 is 26.5. The molecule has 0 aliphatic carbocycles. The van der Waals surface area contributed by atoms with E-state index >= 15 is 0 Å². The zero-order valence-electron chi connectivity index (χ0n) is 10.1. The minimum absolute atomic E-state index is 0.102. The number of hydrogen-bond donors (Lipinski definition) is 0. The summed E-state index contributed by atoms with van der Waals surface area (Å²) in [6.07, 6.45) is -0.107. The zero-order valence-corrected chi connectivity index (χ0v) is 10.9. The Labute approximate surface area is 108 Å². The molecule has 4 heteroatoms. The molecule has 1 heterocycles. The number of carbonyl (C=O) groups is 1. The number of aryl methyl sites for hydroxylation is 2. The second-order valence-electron chi connectivity index (χ2n) is 4.18. The van der Waals surface area contributed by atoms with Gasteiger partial charge in [-0.25, -0.2) is 8.78 Å². The van der Waals surface area contributed by atoms with Gasteiger partial charge in [0.15, 0.2) is 17.4 Å².